The lowest BCUT2D eigenvalue weighted by atomic mass is 10.1. The van der Waals surface area contributed by atoms with Crippen molar-refractivity contribution in [3.8, 4) is 0 Å². The molecule has 0 unspecified atom stereocenters. The number of Topliss-reactive ketones (excluding diaryl/α,β-unsaturated/α-hetero) is 1. The van der Waals surface area contributed by atoms with E-state index in [1.807, 2.05) is 0 Å². The van der Waals surface area contributed by atoms with Crippen LogP contribution in [-0.4, -0.2) is 11.1 Å². The minimum absolute atomic E-state index is 0.0642. The molecule has 2 nitrogen and oxygen atoms in total. The third-order valence-corrected chi connectivity index (χ3v) is 3.02. The Hall–Kier alpha value is -0.0600. The second-order valence-corrected chi connectivity index (χ2v) is 4.23. The van der Waals surface area contributed by atoms with Gasteiger partial charge in [0.2, 0.25) is 0 Å². The standard InChI is InChI=1S/C8H6Br2ClNO/c9-3-8(13)4-1-5(10)7(12)2-6(4)11/h1-2H,3,12H2. The van der Waals surface area contributed by atoms with E-state index in [0.29, 0.717) is 20.7 Å². The number of nitrogens with two attached hydrogens (primary N) is 1. The van der Waals surface area contributed by atoms with Crippen LogP contribution in [0.2, 0.25) is 5.02 Å². The van der Waals surface area contributed by atoms with Crippen molar-refractivity contribution in [1.29, 1.82) is 0 Å². The molecule has 0 saturated heterocycles. The second-order valence-electron chi connectivity index (χ2n) is 2.41. The van der Waals surface area contributed by atoms with E-state index in [2.05, 4.69) is 31.9 Å². The normalized spacial score (nSPS) is 10.1. The number of halogens is 3. The Morgan fingerprint density at radius 3 is 2.69 bits per heavy atom. The van der Waals surface area contributed by atoms with E-state index in [1.54, 1.807) is 12.1 Å². The van der Waals surface area contributed by atoms with E-state index in [9.17, 15) is 4.79 Å². The highest BCUT2D eigenvalue weighted by Crippen LogP contribution is 2.27. The number of hydrogen-bond donors (Lipinski definition) is 1. The van der Waals surface area contributed by atoms with Crippen LogP contribution in [0.15, 0.2) is 16.6 Å². The topological polar surface area (TPSA) is 43.1 Å². The molecule has 0 aliphatic heterocycles. The molecule has 2 N–H and O–H groups in total. The van der Waals surface area contributed by atoms with Crippen LogP contribution in [0, 0.1) is 0 Å². The van der Waals surface area contributed by atoms with Crippen LogP contribution in [0.25, 0.3) is 0 Å². The van der Waals surface area contributed by atoms with Gasteiger partial charge in [0, 0.05) is 15.7 Å². The van der Waals surface area contributed by atoms with Gasteiger partial charge in [0.15, 0.2) is 5.78 Å². The van der Waals surface area contributed by atoms with Gasteiger partial charge in [-0.3, -0.25) is 4.79 Å². The molecule has 13 heavy (non-hydrogen) atoms. The lowest BCUT2D eigenvalue weighted by Crippen LogP contribution is -2.02. The molecule has 1 aromatic rings. The van der Waals surface area contributed by atoms with Gasteiger partial charge in [0.05, 0.1) is 10.4 Å². The first-order valence-electron chi connectivity index (χ1n) is 3.40. The monoisotopic (exact) mass is 325 g/mol. The number of alkyl halides is 1. The summed E-state index contributed by atoms with van der Waals surface area (Å²) in [5.41, 5.74) is 6.57. The zero-order valence-corrected chi connectivity index (χ0v) is 10.4. The molecule has 1 aromatic carbocycles. The van der Waals surface area contributed by atoms with Crippen molar-refractivity contribution in [2.45, 2.75) is 0 Å². The van der Waals surface area contributed by atoms with Gasteiger partial charge in [-0.05, 0) is 28.1 Å². The molecular weight excluding hydrogens is 321 g/mol. The highest BCUT2D eigenvalue weighted by atomic mass is 79.9. The zero-order valence-electron chi connectivity index (χ0n) is 6.48. The van der Waals surface area contributed by atoms with Crippen molar-refractivity contribution < 1.29 is 4.79 Å². The number of rotatable bonds is 2. The molecule has 0 amide bonds. The minimum atomic E-state index is -0.0642. The van der Waals surface area contributed by atoms with Gasteiger partial charge in [0.25, 0.3) is 0 Å². The van der Waals surface area contributed by atoms with Crippen LogP contribution >= 0.6 is 43.5 Å². The summed E-state index contributed by atoms with van der Waals surface area (Å²) >= 11 is 12.1. The highest BCUT2D eigenvalue weighted by Gasteiger charge is 2.11. The van der Waals surface area contributed by atoms with Crippen LogP contribution in [0.3, 0.4) is 0 Å². The molecule has 0 aliphatic carbocycles. The van der Waals surface area contributed by atoms with Gasteiger partial charge in [-0.15, -0.1) is 0 Å². The van der Waals surface area contributed by atoms with E-state index in [0.717, 1.165) is 0 Å². The van der Waals surface area contributed by atoms with Crippen molar-refractivity contribution in [2.75, 3.05) is 11.1 Å². The summed E-state index contributed by atoms with van der Waals surface area (Å²) in [5.74, 6) is -0.0642. The Bertz CT molecular complexity index is 354. The van der Waals surface area contributed by atoms with Crippen LogP contribution in [0.1, 0.15) is 10.4 Å². The van der Waals surface area contributed by atoms with Crippen molar-refractivity contribution in [2.24, 2.45) is 0 Å². The molecule has 1 rings (SSSR count). The number of hydrogen-bond acceptors (Lipinski definition) is 2. The molecule has 0 radical (unpaired) electrons. The smallest absolute Gasteiger partial charge is 0.174 e. The van der Waals surface area contributed by atoms with Crippen molar-refractivity contribution in [3.05, 3.63) is 27.2 Å². The lowest BCUT2D eigenvalue weighted by molar-refractivity contribution is 0.102. The van der Waals surface area contributed by atoms with E-state index < -0.39 is 0 Å². The summed E-state index contributed by atoms with van der Waals surface area (Å²) in [5, 5.41) is 0.633. The summed E-state index contributed by atoms with van der Waals surface area (Å²) in [6, 6.07) is 3.18. The fourth-order valence-corrected chi connectivity index (χ4v) is 1.77. The minimum Gasteiger partial charge on any atom is -0.398 e. The van der Waals surface area contributed by atoms with E-state index in [4.69, 9.17) is 17.3 Å². The SMILES string of the molecule is Nc1cc(Cl)c(C(=O)CBr)cc1Br. The maximum Gasteiger partial charge on any atom is 0.174 e. The first kappa shape index (κ1) is 11.0. The molecule has 0 spiro atoms. The Balaban J connectivity index is 3.23. The predicted octanol–water partition coefficient (Wildman–Crippen LogP) is 3.26. The van der Waals surface area contributed by atoms with Gasteiger partial charge >= 0.3 is 0 Å². The first-order chi connectivity index (χ1) is 6.06. The van der Waals surface area contributed by atoms with Crippen LogP contribution < -0.4 is 5.73 Å². The fraction of sp³-hybridized carbons (Fsp3) is 0.125. The maximum absolute atomic E-state index is 11.3. The average molecular weight is 327 g/mol. The molecule has 0 heterocycles. The van der Waals surface area contributed by atoms with Crippen LogP contribution in [-0.2, 0) is 0 Å². The van der Waals surface area contributed by atoms with Gasteiger partial charge in [-0.2, -0.15) is 0 Å². The molecule has 0 fully saturated rings. The van der Waals surface area contributed by atoms with E-state index in [1.165, 1.54) is 0 Å². The third kappa shape index (κ3) is 2.45. The largest absolute Gasteiger partial charge is 0.398 e. The van der Waals surface area contributed by atoms with E-state index in [-0.39, 0.29) is 11.1 Å². The summed E-state index contributed by atoms with van der Waals surface area (Å²) in [4.78, 5) is 11.3. The van der Waals surface area contributed by atoms with Crippen LogP contribution in [0.4, 0.5) is 5.69 Å². The quantitative estimate of drug-likeness (QED) is 0.515. The molecule has 0 bridgehead atoms. The third-order valence-electron chi connectivity index (χ3n) is 1.51. The van der Waals surface area contributed by atoms with Gasteiger partial charge in [-0.25, -0.2) is 0 Å². The van der Waals surface area contributed by atoms with Gasteiger partial charge < -0.3 is 5.73 Å². The summed E-state index contributed by atoms with van der Waals surface area (Å²) in [6.07, 6.45) is 0. The zero-order chi connectivity index (χ0) is 10.0. The molecule has 0 aliphatic rings. The van der Waals surface area contributed by atoms with Crippen molar-refractivity contribution >= 4 is 54.9 Å². The number of ketones is 1. The Morgan fingerprint density at radius 2 is 2.15 bits per heavy atom. The van der Waals surface area contributed by atoms with E-state index >= 15 is 0 Å². The number of nitrogen functional groups attached to an aromatic ring is 1. The first-order valence-corrected chi connectivity index (χ1v) is 5.69. The molecule has 0 saturated carbocycles. The number of carbonyl (C=O) groups excluding carboxylic acids is 1. The van der Waals surface area contributed by atoms with Gasteiger partial charge in [-0.1, -0.05) is 27.5 Å². The highest BCUT2D eigenvalue weighted by molar-refractivity contribution is 9.10. The molecule has 0 atom stereocenters. The number of benzene rings is 1. The maximum atomic E-state index is 11.3. The molecule has 70 valence electrons. The van der Waals surface area contributed by atoms with Crippen molar-refractivity contribution in [3.63, 3.8) is 0 Å². The molecule has 5 heteroatoms. The Morgan fingerprint density at radius 1 is 1.54 bits per heavy atom. The Labute approximate surface area is 97.7 Å². The molecule has 0 aromatic heterocycles. The summed E-state index contributed by atoms with van der Waals surface area (Å²) in [7, 11) is 0. The number of anilines is 1. The summed E-state index contributed by atoms with van der Waals surface area (Å²) < 4.78 is 0.682. The predicted molar refractivity (Wildman–Crippen MR) is 61.7 cm³/mol. The Kier molecular flexibility index (Phi) is 3.76. The number of carbonyl (C=O) groups is 1. The second kappa shape index (κ2) is 4.44. The molecular formula is C8H6Br2ClNO. The lowest BCUT2D eigenvalue weighted by Gasteiger charge is -2.04. The van der Waals surface area contributed by atoms with Crippen molar-refractivity contribution in [1.82, 2.24) is 0 Å². The fourth-order valence-electron chi connectivity index (χ4n) is 0.848. The van der Waals surface area contributed by atoms with Gasteiger partial charge in [0.1, 0.15) is 0 Å². The van der Waals surface area contributed by atoms with Crippen LogP contribution in [0.5, 0.6) is 0 Å². The average Bonchev–Trinajstić information content (AvgIpc) is 2.10. The summed E-state index contributed by atoms with van der Waals surface area (Å²) in [6.45, 7) is 0.